The molecule has 0 bridgehead atoms. The lowest BCUT2D eigenvalue weighted by Gasteiger charge is -2.34. The van der Waals surface area contributed by atoms with E-state index in [-0.39, 0.29) is 30.2 Å². The average molecular weight is 415 g/mol. The van der Waals surface area contributed by atoms with Gasteiger partial charge in [0, 0.05) is 35.6 Å². The molecule has 3 aromatic rings. The minimum Gasteiger partial charge on any atom is -0.354 e. The number of piperidine rings is 1. The predicted octanol–water partition coefficient (Wildman–Crippen LogP) is 5.26. The van der Waals surface area contributed by atoms with Crippen LogP contribution in [0.25, 0.3) is 11.0 Å². The van der Waals surface area contributed by atoms with Gasteiger partial charge in [-0.15, -0.1) is 12.4 Å². The molecule has 0 radical (unpaired) electrons. The van der Waals surface area contributed by atoms with Gasteiger partial charge in [-0.3, -0.25) is 4.79 Å². The molecule has 3 heterocycles. The molecule has 5 nitrogen and oxygen atoms in total. The molecule has 0 saturated carbocycles. The Labute approximate surface area is 175 Å². The van der Waals surface area contributed by atoms with Crippen molar-refractivity contribution in [2.24, 2.45) is 0 Å². The number of carbonyl (C=O) groups excluding carboxylic acids is 1. The van der Waals surface area contributed by atoms with Gasteiger partial charge in [0.1, 0.15) is 5.82 Å². The summed E-state index contributed by atoms with van der Waals surface area (Å²) in [5, 5.41) is 3.98. The molecule has 7 heteroatoms. The lowest BCUT2D eigenvalue weighted by atomic mass is 10.0. The molecule has 1 aliphatic rings. The molecule has 29 heavy (non-hydrogen) atoms. The average Bonchev–Trinajstić information content (AvgIpc) is 2.68. The zero-order valence-electron chi connectivity index (χ0n) is 16.5. The first-order chi connectivity index (χ1) is 13.5. The van der Waals surface area contributed by atoms with Crippen molar-refractivity contribution < 1.29 is 9.18 Å². The Balaban J connectivity index is 0.00000240. The summed E-state index contributed by atoms with van der Waals surface area (Å²) in [6.45, 7) is 4.72. The van der Waals surface area contributed by atoms with Gasteiger partial charge in [-0.2, -0.15) is 0 Å². The van der Waals surface area contributed by atoms with Gasteiger partial charge in [0.05, 0.1) is 11.3 Å². The van der Waals surface area contributed by atoms with E-state index in [1.165, 1.54) is 12.1 Å². The number of carbonyl (C=O) groups is 1. The number of aromatic nitrogens is 2. The standard InChI is InChI=1S/C22H23FN4O.ClH/c1-14-9-10-18-20(26-17-8-5-7-16(23)12-17)19(13-24-21(18)25-14)22(28)27-11-4-3-6-15(27)2;/h5,7-10,12-13,15H,3-4,6,11H2,1-2H3,(H,24,25,26);1H. The highest BCUT2D eigenvalue weighted by atomic mass is 35.5. The van der Waals surface area contributed by atoms with Crippen molar-refractivity contribution in [3.8, 4) is 0 Å². The quantitative estimate of drug-likeness (QED) is 0.635. The topological polar surface area (TPSA) is 58.1 Å². The highest BCUT2D eigenvalue weighted by Gasteiger charge is 2.27. The van der Waals surface area contributed by atoms with Crippen LogP contribution in [0.2, 0.25) is 0 Å². The summed E-state index contributed by atoms with van der Waals surface area (Å²) in [5.41, 5.74) is 3.08. The molecule has 152 valence electrons. The van der Waals surface area contributed by atoms with E-state index in [1.54, 1.807) is 18.3 Å². The third-order valence-electron chi connectivity index (χ3n) is 5.26. The summed E-state index contributed by atoms with van der Waals surface area (Å²) in [6.07, 6.45) is 4.73. The van der Waals surface area contributed by atoms with Crippen LogP contribution >= 0.6 is 12.4 Å². The molecule has 1 unspecified atom stereocenters. The minimum atomic E-state index is -0.338. The Hall–Kier alpha value is -2.73. The van der Waals surface area contributed by atoms with Crippen molar-refractivity contribution in [2.45, 2.75) is 39.2 Å². The van der Waals surface area contributed by atoms with Crippen molar-refractivity contribution in [3.05, 3.63) is 59.7 Å². The highest BCUT2D eigenvalue weighted by Crippen LogP contribution is 2.31. The number of halogens is 2. The first-order valence-corrected chi connectivity index (χ1v) is 9.63. The number of amides is 1. The molecule has 1 aliphatic heterocycles. The van der Waals surface area contributed by atoms with Crippen molar-refractivity contribution >= 4 is 40.7 Å². The molecule has 1 N–H and O–H groups in total. The smallest absolute Gasteiger partial charge is 0.257 e. The third-order valence-corrected chi connectivity index (χ3v) is 5.26. The number of likely N-dealkylation sites (tertiary alicyclic amines) is 1. The van der Waals surface area contributed by atoms with Crippen LogP contribution in [-0.2, 0) is 0 Å². The van der Waals surface area contributed by atoms with Crippen molar-refractivity contribution in [1.29, 1.82) is 0 Å². The minimum absolute atomic E-state index is 0. The summed E-state index contributed by atoms with van der Waals surface area (Å²) < 4.78 is 13.7. The largest absolute Gasteiger partial charge is 0.354 e. The number of nitrogens with zero attached hydrogens (tertiary/aromatic N) is 3. The zero-order chi connectivity index (χ0) is 19.7. The molecule has 1 amide bonds. The number of rotatable bonds is 3. The molecule has 1 saturated heterocycles. The van der Waals surface area contributed by atoms with Gasteiger partial charge in [0.15, 0.2) is 5.65 Å². The fourth-order valence-electron chi connectivity index (χ4n) is 3.73. The van der Waals surface area contributed by atoms with Crippen LogP contribution in [0.1, 0.15) is 42.2 Å². The van der Waals surface area contributed by atoms with E-state index in [1.807, 2.05) is 24.0 Å². The molecular weight excluding hydrogens is 391 g/mol. The Morgan fingerprint density at radius 1 is 1.24 bits per heavy atom. The van der Waals surface area contributed by atoms with Gasteiger partial charge in [-0.1, -0.05) is 6.07 Å². The van der Waals surface area contributed by atoms with Crippen LogP contribution in [0.4, 0.5) is 15.8 Å². The summed E-state index contributed by atoms with van der Waals surface area (Å²) >= 11 is 0. The van der Waals surface area contributed by atoms with Gasteiger partial charge in [-0.05, 0) is 63.4 Å². The van der Waals surface area contributed by atoms with Crippen LogP contribution in [0.15, 0.2) is 42.6 Å². The summed E-state index contributed by atoms with van der Waals surface area (Å²) in [5.74, 6) is -0.393. The summed E-state index contributed by atoms with van der Waals surface area (Å²) in [7, 11) is 0. The predicted molar refractivity (Wildman–Crippen MR) is 116 cm³/mol. The lowest BCUT2D eigenvalue weighted by Crippen LogP contribution is -2.42. The van der Waals surface area contributed by atoms with Crippen molar-refractivity contribution in [1.82, 2.24) is 14.9 Å². The van der Waals surface area contributed by atoms with E-state index in [0.29, 0.717) is 22.6 Å². The number of fused-ring (bicyclic) bond motifs is 1. The molecule has 0 aliphatic carbocycles. The maximum absolute atomic E-state index is 13.7. The number of anilines is 2. The molecule has 0 spiro atoms. The second kappa shape index (κ2) is 8.74. The maximum Gasteiger partial charge on any atom is 0.257 e. The number of hydrogen-bond acceptors (Lipinski definition) is 4. The fourth-order valence-corrected chi connectivity index (χ4v) is 3.73. The lowest BCUT2D eigenvalue weighted by molar-refractivity contribution is 0.0636. The Morgan fingerprint density at radius 3 is 2.83 bits per heavy atom. The highest BCUT2D eigenvalue weighted by molar-refractivity contribution is 6.07. The zero-order valence-corrected chi connectivity index (χ0v) is 17.3. The first-order valence-electron chi connectivity index (χ1n) is 9.63. The number of pyridine rings is 2. The van der Waals surface area contributed by atoms with Gasteiger partial charge in [-0.25, -0.2) is 14.4 Å². The van der Waals surface area contributed by atoms with E-state index in [4.69, 9.17) is 0 Å². The van der Waals surface area contributed by atoms with Crippen molar-refractivity contribution in [3.63, 3.8) is 0 Å². The Kier molecular flexibility index (Phi) is 6.33. The number of aryl methyl sites for hydroxylation is 1. The van der Waals surface area contributed by atoms with E-state index in [0.717, 1.165) is 36.9 Å². The molecule has 1 atom stereocenters. The first kappa shape index (κ1) is 21.0. The second-order valence-electron chi connectivity index (χ2n) is 7.35. The second-order valence-corrected chi connectivity index (χ2v) is 7.35. The number of benzene rings is 1. The van der Waals surface area contributed by atoms with Crippen LogP contribution < -0.4 is 5.32 Å². The van der Waals surface area contributed by atoms with Crippen molar-refractivity contribution in [2.75, 3.05) is 11.9 Å². The monoisotopic (exact) mass is 414 g/mol. The van der Waals surface area contributed by atoms with E-state index < -0.39 is 0 Å². The van der Waals surface area contributed by atoms with E-state index in [9.17, 15) is 9.18 Å². The Morgan fingerprint density at radius 2 is 2.07 bits per heavy atom. The fraction of sp³-hybridized carbons (Fsp3) is 0.318. The molecular formula is C22H24ClFN4O. The van der Waals surface area contributed by atoms with Crippen LogP contribution in [0, 0.1) is 12.7 Å². The Bertz CT molecular complexity index is 1040. The normalized spacial score (nSPS) is 16.4. The SMILES string of the molecule is Cc1ccc2c(Nc3cccc(F)c3)c(C(=O)N3CCCCC3C)cnc2n1.Cl. The van der Waals surface area contributed by atoms with Crippen LogP contribution in [-0.4, -0.2) is 33.4 Å². The van der Waals surface area contributed by atoms with Gasteiger partial charge in [0.25, 0.3) is 5.91 Å². The number of nitrogens with one attached hydrogen (secondary N) is 1. The van der Waals surface area contributed by atoms with Crippen LogP contribution in [0.3, 0.4) is 0 Å². The van der Waals surface area contributed by atoms with Crippen LogP contribution in [0.5, 0.6) is 0 Å². The van der Waals surface area contributed by atoms with E-state index >= 15 is 0 Å². The maximum atomic E-state index is 13.7. The summed E-state index contributed by atoms with van der Waals surface area (Å²) in [6, 6.07) is 10.2. The van der Waals surface area contributed by atoms with Gasteiger partial charge >= 0.3 is 0 Å². The van der Waals surface area contributed by atoms with E-state index in [2.05, 4.69) is 22.2 Å². The molecule has 1 aromatic carbocycles. The molecule has 1 fully saturated rings. The van der Waals surface area contributed by atoms with Gasteiger partial charge < -0.3 is 10.2 Å². The molecule has 4 rings (SSSR count). The summed E-state index contributed by atoms with van der Waals surface area (Å²) in [4.78, 5) is 24.2. The third kappa shape index (κ3) is 4.32. The van der Waals surface area contributed by atoms with Gasteiger partial charge in [0.2, 0.25) is 0 Å². The molecule has 2 aromatic heterocycles. The number of hydrogen-bond donors (Lipinski definition) is 1.